The van der Waals surface area contributed by atoms with E-state index < -0.39 is 89.1 Å². The topological polar surface area (TPSA) is 337 Å². The summed E-state index contributed by atoms with van der Waals surface area (Å²) in [5, 5.41) is 25.4. The highest BCUT2D eigenvalue weighted by Crippen LogP contribution is 2.38. The van der Waals surface area contributed by atoms with Gasteiger partial charge in [-0.3, -0.25) is 38.5 Å². The Kier molecular flexibility index (Phi) is 42.6. The summed E-state index contributed by atoms with van der Waals surface area (Å²) in [5.74, 6) is -5.12. The number of thiazole rings is 2. The highest BCUT2D eigenvalue weighted by Gasteiger charge is 2.50. The lowest BCUT2D eigenvalue weighted by Crippen LogP contribution is -2.56. The summed E-state index contributed by atoms with van der Waals surface area (Å²) in [4.78, 5) is 147. The molecule has 5 amide bonds. The molecule has 0 saturated carbocycles. The predicted octanol–water partition coefficient (Wildman–Crippen LogP) is 14.5. The SMILES string of the molecule is CC(C)(C)OC(=O)N1CCC[C@@]1(C)C(=O)O.CC[C@H](C)[C@@H]([C@@H](CC(=O)N1CCC[C@H]1[C@H](OC)[C@@H](C)C(=O)C[C@@H](Cc1ccccc1)c1nccs1)OC)N(C)C(=O)[C@@H](CC(=O)[C@]1(C)CCCN1)C(C)C.CC[C@H](C)[C@@H]([C@@H](CC(=O)N1CCC[C@H]1[C@H](OC)[C@@H](C)C(=O)C[C@@H](Cc1ccccc1)c1nccs1)OC)N(C)C(=O)[C@@H](N)C(C)C.O=C(O)C(F)(F)F. The van der Waals surface area contributed by atoms with Crippen molar-refractivity contribution in [3.05, 3.63) is 105 Å². The summed E-state index contributed by atoms with van der Waals surface area (Å²) in [7, 11) is 10.0. The highest BCUT2D eigenvalue weighted by molar-refractivity contribution is 7.09. The van der Waals surface area contributed by atoms with Gasteiger partial charge in [-0.2, -0.15) is 13.2 Å². The molecule has 6 heterocycles. The molecule has 690 valence electrons. The highest BCUT2D eigenvalue weighted by atomic mass is 32.1. The number of likely N-dealkylation sites (N-methyl/N-ethyl adjacent to an activating group) is 2. The van der Waals surface area contributed by atoms with Gasteiger partial charge in [-0.05, 0) is 140 Å². The first-order chi connectivity index (χ1) is 57.8. The number of hydrogen-bond acceptors (Lipinski definition) is 21. The van der Waals surface area contributed by atoms with Gasteiger partial charge in [0.05, 0.1) is 83.0 Å². The van der Waals surface area contributed by atoms with Gasteiger partial charge in [0.15, 0.2) is 5.78 Å². The van der Waals surface area contributed by atoms with E-state index in [1.165, 1.54) is 10.5 Å². The summed E-state index contributed by atoms with van der Waals surface area (Å²) >= 11 is 3.15. The molecule has 5 N–H and O–H groups in total. The first kappa shape index (κ1) is 106. The molecular formula is C92H142F3N9O17S2. The van der Waals surface area contributed by atoms with Crippen LogP contribution in [-0.4, -0.2) is 250 Å². The van der Waals surface area contributed by atoms with E-state index in [1.807, 2.05) is 105 Å². The van der Waals surface area contributed by atoms with Crippen molar-refractivity contribution in [3.8, 4) is 0 Å². The van der Waals surface area contributed by atoms with Gasteiger partial charge in [-0.15, -0.1) is 22.7 Å². The number of rotatable bonds is 40. The molecule has 0 aliphatic carbocycles. The number of aliphatic carboxylic acids is 2. The fourth-order valence-corrected chi connectivity index (χ4v) is 18.9. The van der Waals surface area contributed by atoms with E-state index in [2.05, 4.69) is 67.2 Å². The average Bonchev–Trinajstić information content (AvgIpc) is 1.71. The zero-order chi connectivity index (χ0) is 92.2. The number of methoxy groups -OCH3 is 4. The van der Waals surface area contributed by atoms with Crippen molar-refractivity contribution in [2.75, 3.05) is 68.7 Å². The Morgan fingerprint density at radius 1 is 0.593 bits per heavy atom. The zero-order valence-electron chi connectivity index (χ0n) is 76.5. The first-order valence-electron chi connectivity index (χ1n) is 43.5. The third kappa shape index (κ3) is 30.0. The largest absolute Gasteiger partial charge is 0.490 e. The molecule has 31 heteroatoms. The molecular weight excluding hydrogens is 1620 g/mol. The Hall–Kier alpha value is -7.65. The lowest BCUT2D eigenvalue weighted by Gasteiger charge is -2.41. The van der Waals surface area contributed by atoms with E-state index in [1.54, 1.807) is 115 Å². The Labute approximate surface area is 735 Å². The number of ether oxygens (including phenoxy) is 5. The minimum absolute atomic E-state index is 0.00798. The second-order valence-corrected chi connectivity index (χ2v) is 37.6. The van der Waals surface area contributed by atoms with E-state index in [0.29, 0.717) is 45.3 Å². The second-order valence-electron chi connectivity index (χ2n) is 35.8. The Morgan fingerprint density at radius 2 is 1.02 bits per heavy atom. The number of ketones is 3. The van der Waals surface area contributed by atoms with Crippen LogP contribution in [0.5, 0.6) is 0 Å². The predicted molar refractivity (Wildman–Crippen MR) is 470 cm³/mol. The minimum Gasteiger partial charge on any atom is -0.480 e. The zero-order valence-corrected chi connectivity index (χ0v) is 78.1. The van der Waals surface area contributed by atoms with E-state index in [9.17, 15) is 56.3 Å². The van der Waals surface area contributed by atoms with Crippen LogP contribution in [0.15, 0.2) is 83.8 Å². The van der Waals surface area contributed by atoms with Crippen molar-refractivity contribution < 1.29 is 95.0 Å². The maximum Gasteiger partial charge on any atom is 0.490 e. The summed E-state index contributed by atoms with van der Waals surface area (Å²) < 4.78 is 61.0. The minimum atomic E-state index is -5.08. The Bertz CT molecular complexity index is 3950. The number of hydrogen-bond donors (Lipinski definition) is 4. The molecule has 0 bridgehead atoms. The molecule has 4 saturated heterocycles. The number of nitrogens with zero attached hydrogens (tertiary/aromatic N) is 7. The monoisotopic (exact) mass is 1770 g/mol. The van der Waals surface area contributed by atoms with Crippen LogP contribution in [0.25, 0.3) is 0 Å². The lowest BCUT2D eigenvalue weighted by atomic mass is 9.82. The molecule has 0 radical (unpaired) electrons. The molecule has 4 aromatic rings. The van der Waals surface area contributed by atoms with Gasteiger partial charge in [-0.1, -0.05) is 143 Å². The maximum atomic E-state index is 14.3. The summed E-state index contributed by atoms with van der Waals surface area (Å²) in [5.41, 5.74) is 6.26. The summed E-state index contributed by atoms with van der Waals surface area (Å²) in [6.45, 7) is 31.2. The Balaban J connectivity index is 0.000000349. The molecule has 2 aromatic heterocycles. The van der Waals surface area contributed by atoms with Crippen LogP contribution in [0.2, 0.25) is 0 Å². The number of benzene rings is 2. The molecule has 0 unspecified atom stereocenters. The molecule has 18 atom stereocenters. The van der Waals surface area contributed by atoms with Gasteiger partial charge < -0.3 is 64.5 Å². The summed E-state index contributed by atoms with van der Waals surface area (Å²) in [6, 6.07) is 18.6. The average molecular weight is 1770 g/mol. The second kappa shape index (κ2) is 49.5. The van der Waals surface area contributed by atoms with Crippen molar-refractivity contribution in [2.45, 2.75) is 302 Å². The molecule has 2 aromatic carbocycles. The fourth-order valence-electron chi connectivity index (χ4n) is 17.4. The van der Waals surface area contributed by atoms with Gasteiger partial charge in [0.1, 0.15) is 22.7 Å². The number of Topliss-reactive ketones (excluding diaryl/α,β-unsaturated/α-hetero) is 3. The third-order valence-corrected chi connectivity index (χ3v) is 27.2. The van der Waals surface area contributed by atoms with E-state index in [-0.39, 0.29) is 120 Å². The van der Waals surface area contributed by atoms with Crippen LogP contribution in [0, 0.1) is 41.4 Å². The van der Waals surface area contributed by atoms with Crippen molar-refractivity contribution in [2.24, 2.45) is 47.2 Å². The number of carboxylic acids is 2. The number of nitrogens with two attached hydrogens (primary N) is 1. The lowest BCUT2D eigenvalue weighted by molar-refractivity contribution is -0.192. The van der Waals surface area contributed by atoms with Crippen molar-refractivity contribution in [3.63, 3.8) is 0 Å². The molecule has 4 aliphatic heterocycles. The quantitative estimate of drug-likeness (QED) is 0.0321. The number of carbonyl (C=O) groups excluding carboxylic acids is 8. The number of carbonyl (C=O) groups is 10. The standard InChI is InChI=1S/C43H66N4O6S.C36H56N4O5S.C11H19NO4.C2HF3O2/c1-10-29(4)39(46(7)42(51)33(28(2)3)26-37(49)43(6)19-15-20-45-43)36(52-8)27-38(50)47-22-14-18-34(47)40(53-9)30(5)35(48)25-32(41-44-21-23-54-41)24-31-16-12-11-13-17-31;1-9-24(4)33(39(6)36(43)32(37)23(2)3)30(44-7)22-31(42)40-18-13-16-28(40)34(45-8)25(5)29(41)21-27(35-38-17-19-46-35)20-26-14-11-10-12-15-26;1-10(2,3)16-9(15)12-7-5-6-11(12,4)8(13)14;3-2(4,5)1(6)7/h11-13,16-17,21,23,28-30,32-34,36,39-40,45H,10,14-15,18-20,22,24-27H2,1-9H3;10-12,14-15,17,19,23-25,27-28,30,32-34H,9,13,16,18,20-22,37H2,1-8H3;5-7H2,1-4H3,(H,13,14);(H,6,7)/t29-,30-,32+,33-,34-,36+,39-,40+,43-;24-,25-,27+,28-,30+,32-,33-,34+;11-;/m000./s1. The molecule has 123 heavy (non-hydrogen) atoms. The van der Waals surface area contributed by atoms with Gasteiger partial charge in [-0.25, -0.2) is 24.4 Å². The van der Waals surface area contributed by atoms with Gasteiger partial charge >= 0.3 is 24.2 Å². The Morgan fingerprint density at radius 3 is 1.35 bits per heavy atom. The van der Waals surface area contributed by atoms with Crippen LogP contribution in [0.1, 0.15) is 233 Å². The van der Waals surface area contributed by atoms with Gasteiger partial charge in [0, 0.05) is 134 Å². The van der Waals surface area contributed by atoms with Crippen LogP contribution >= 0.6 is 22.7 Å². The van der Waals surface area contributed by atoms with Crippen LogP contribution < -0.4 is 11.1 Å². The van der Waals surface area contributed by atoms with Crippen molar-refractivity contribution in [1.82, 2.24) is 39.8 Å². The van der Waals surface area contributed by atoms with Gasteiger partial charge in [0.2, 0.25) is 23.6 Å². The normalized spacial score (nSPS) is 21.3. The third-order valence-electron chi connectivity index (χ3n) is 25.3. The van der Waals surface area contributed by atoms with Crippen LogP contribution in [0.3, 0.4) is 0 Å². The van der Waals surface area contributed by atoms with E-state index in [4.69, 9.17) is 44.4 Å². The number of amides is 5. The smallest absolute Gasteiger partial charge is 0.480 e. The number of alkyl halides is 3. The van der Waals surface area contributed by atoms with Gasteiger partial charge in [0.25, 0.3) is 0 Å². The molecule has 26 nitrogen and oxygen atoms in total. The molecule has 4 aliphatic rings. The van der Waals surface area contributed by atoms with Crippen LogP contribution in [-0.2, 0) is 79.7 Å². The number of aromatic nitrogens is 2. The molecule has 0 spiro atoms. The number of carboxylic acid groups (broad SMARTS) is 2. The first-order valence-corrected chi connectivity index (χ1v) is 45.3. The van der Waals surface area contributed by atoms with Crippen molar-refractivity contribution in [1.29, 1.82) is 0 Å². The fraction of sp³-hybridized carbons (Fsp3) is 0.696. The van der Waals surface area contributed by atoms with E-state index >= 15 is 0 Å². The number of nitrogens with one attached hydrogen (secondary N) is 1. The molecule has 4 fully saturated rings. The van der Waals surface area contributed by atoms with Crippen molar-refractivity contribution >= 4 is 81.7 Å². The number of likely N-dealkylation sites (tertiary alicyclic amines) is 3. The number of halogens is 3. The summed E-state index contributed by atoms with van der Waals surface area (Å²) in [6.07, 6.45) is 6.16. The van der Waals surface area contributed by atoms with E-state index in [0.717, 1.165) is 86.3 Å². The molecule has 8 rings (SSSR count). The van der Waals surface area contributed by atoms with Crippen LogP contribution in [0.4, 0.5) is 18.0 Å². The maximum absolute atomic E-state index is 14.3.